The number of carbonyl (C=O) groups excluding carboxylic acids is 1. The molecule has 0 atom stereocenters. The zero-order chi connectivity index (χ0) is 14.3. The van der Waals surface area contributed by atoms with Gasteiger partial charge in [0.1, 0.15) is 17.2 Å². The van der Waals surface area contributed by atoms with Crippen LogP contribution in [0, 0.1) is 0 Å². The van der Waals surface area contributed by atoms with E-state index < -0.39 is 0 Å². The van der Waals surface area contributed by atoms with Crippen LogP contribution in [0.1, 0.15) is 12.8 Å². The molecule has 0 spiro atoms. The molecule has 2 N–H and O–H groups in total. The van der Waals surface area contributed by atoms with Crippen LogP contribution in [-0.2, 0) is 4.79 Å². The van der Waals surface area contributed by atoms with E-state index in [1.165, 1.54) is 7.05 Å². The molecule has 0 fully saturated rings. The third-order valence-electron chi connectivity index (χ3n) is 2.52. The maximum absolute atomic E-state index is 11.3. The van der Waals surface area contributed by atoms with E-state index in [1.807, 2.05) is 0 Å². The number of methoxy groups -OCH3 is 2. The summed E-state index contributed by atoms with van der Waals surface area (Å²) in [6.45, 7) is 0.426. The van der Waals surface area contributed by atoms with E-state index >= 15 is 0 Å². The summed E-state index contributed by atoms with van der Waals surface area (Å²) in [4.78, 5) is 11.3. The second kappa shape index (κ2) is 7.48. The quantitative estimate of drug-likeness (QED) is 0.348. The molecule has 0 aliphatic heterocycles. The highest BCUT2D eigenvalue weighted by molar-refractivity contribution is 5.75. The van der Waals surface area contributed by atoms with E-state index in [0.29, 0.717) is 36.7 Å². The van der Waals surface area contributed by atoms with Crippen molar-refractivity contribution in [1.82, 2.24) is 5.01 Å². The number of benzene rings is 1. The lowest BCUT2D eigenvalue weighted by Crippen LogP contribution is -2.33. The molecule has 1 aromatic carbocycles. The topological polar surface area (TPSA) is 74.0 Å². The summed E-state index contributed by atoms with van der Waals surface area (Å²) in [6, 6.07) is 5.29. The first kappa shape index (κ1) is 15.1. The van der Waals surface area contributed by atoms with Gasteiger partial charge >= 0.3 is 0 Å². The van der Waals surface area contributed by atoms with Gasteiger partial charge in [-0.25, -0.2) is 5.84 Å². The van der Waals surface area contributed by atoms with Gasteiger partial charge in [0, 0.05) is 31.7 Å². The van der Waals surface area contributed by atoms with Crippen LogP contribution in [0.4, 0.5) is 0 Å². The van der Waals surface area contributed by atoms with Gasteiger partial charge in [-0.3, -0.25) is 9.80 Å². The van der Waals surface area contributed by atoms with E-state index in [-0.39, 0.29) is 5.91 Å². The minimum Gasteiger partial charge on any atom is -0.496 e. The Morgan fingerprint density at radius 3 is 2.16 bits per heavy atom. The lowest BCUT2D eigenvalue weighted by atomic mass is 10.3. The first-order chi connectivity index (χ1) is 9.06. The van der Waals surface area contributed by atoms with E-state index in [1.54, 1.807) is 32.4 Å². The van der Waals surface area contributed by atoms with Crippen molar-refractivity contribution in [2.24, 2.45) is 5.84 Å². The summed E-state index contributed by atoms with van der Waals surface area (Å²) < 4.78 is 15.8. The molecular formula is C13H20N2O4. The molecule has 6 nitrogen and oxygen atoms in total. The average molecular weight is 268 g/mol. The highest BCUT2D eigenvalue weighted by Crippen LogP contribution is 2.27. The molecule has 1 aromatic rings. The monoisotopic (exact) mass is 268 g/mol. The smallest absolute Gasteiger partial charge is 0.236 e. The Hall–Kier alpha value is -1.95. The molecule has 0 radical (unpaired) electrons. The molecule has 0 aromatic heterocycles. The van der Waals surface area contributed by atoms with Crippen LogP contribution >= 0.6 is 0 Å². The van der Waals surface area contributed by atoms with Crippen molar-refractivity contribution in [2.45, 2.75) is 12.8 Å². The molecule has 0 bridgehead atoms. The molecule has 0 aliphatic rings. The molecule has 0 heterocycles. The molecular weight excluding hydrogens is 248 g/mol. The van der Waals surface area contributed by atoms with E-state index in [0.717, 1.165) is 5.01 Å². The number of nitrogens with two attached hydrogens (primary N) is 1. The Bertz CT molecular complexity index is 399. The van der Waals surface area contributed by atoms with Crippen molar-refractivity contribution >= 4 is 5.91 Å². The minimum atomic E-state index is -0.119. The van der Waals surface area contributed by atoms with Crippen LogP contribution in [0.25, 0.3) is 0 Å². The van der Waals surface area contributed by atoms with Gasteiger partial charge in [0.05, 0.1) is 20.8 Å². The second-order valence-corrected chi connectivity index (χ2v) is 4.01. The van der Waals surface area contributed by atoms with Crippen molar-refractivity contribution in [1.29, 1.82) is 0 Å². The predicted octanol–water partition coefficient (Wildman–Crippen LogP) is 1.19. The standard InChI is InChI=1S/C13H20N2O4/c1-15(14)13(16)5-4-6-19-12-8-10(17-2)7-11(9-12)18-3/h7-9H,4-6,14H2,1-3H3. The first-order valence-corrected chi connectivity index (χ1v) is 5.94. The van der Waals surface area contributed by atoms with Crippen molar-refractivity contribution in [3.63, 3.8) is 0 Å². The minimum absolute atomic E-state index is 0.119. The number of hydrogen-bond acceptors (Lipinski definition) is 5. The number of hydrogen-bond donors (Lipinski definition) is 1. The Labute approximate surface area is 113 Å². The maximum Gasteiger partial charge on any atom is 0.236 e. The zero-order valence-electron chi connectivity index (χ0n) is 11.5. The molecule has 6 heteroatoms. The highest BCUT2D eigenvalue weighted by Gasteiger charge is 2.05. The van der Waals surface area contributed by atoms with Gasteiger partial charge < -0.3 is 14.2 Å². The molecule has 0 saturated carbocycles. The number of nitrogens with zero attached hydrogens (tertiary/aromatic N) is 1. The fourth-order valence-corrected chi connectivity index (χ4v) is 1.45. The number of carbonyl (C=O) groups is 1. The molecule has 1 rings (SSSR count). The van der Waals surface area contributed by atoms with E-state index in [4.69, 9.17) is 20.1 Å². The Balaban J connectivity index is 2.46. The van der Waals surface area contributed by atoms with Crippen LogP contribution in [0.3, 0.4) is 0 Å². The Kier molecular flexibility index (Phi) is 5.95. The summed E-state index contributed by atoms with van der Waals surface area (Å²) in [6.07, 6.45) is 0.952. The van der Waals surface area contributed by atoms with Crippen molar-refractivity contribution < 1.29 is 19.0 Å². The third kappa shape index (κ3) is 5.05. The van der Waals surface area contributed by atoms with Gasteiger partial charge in [-0.1, -0.05) is 0 Å². The molecule has 0 saturated heterocycles. The number of amides is 1. The van der Waals surface area contributed by atoms with Gasteiger partial charge in [-0.2, -0.15) is 0 Å². The summed E-state index contributed by atoms with van der Waals surface area (Å²) in [5.41, 5.74) is 0. The van der Waals surface area contributed by atoms with Crippen molar-refractivity contribution in [3.05, 3.63) is 18.2 Å². The number of rotatable bonds is 7. The van der Waals surface area contributed by atoms with Crippen LogP contribution in [0.2, 0.25) is 0 Å². The summed E-state index contributed by atoms with van der Waals surface area (Å²) in [7, 11) is 4.68. The molecule has 1 amide bonds. The SMILES string of the molecule is COc1cc(OC)cc(OCCCC(=O)N(C)N)c1. The average Bonchev–Trinajstić information content (AvgIpc) is 2.42. The molecule has 106 valence electrons. The van der Waals surface area contributed by atoms with Crippen molar-refractivity contribution in [2.75, 3.05) is 27.9 Å². The second-order valence-electron chi connectivity index (χ2n) is 4.01. The van der Waals surface area contributed by atoms with Gasteiger partial charge in [0.2, 0.25) is 5.91 Å². The van der Waals surface area contributed by atoms with Gasteiger partial charge in [0.25, 0.3) is 0 Å². The molecule has 0 unspecified atom stereocenters. The largest absolute Gasteiger partial charge is 0.496 e. The highest BCUT2D eigenvalue weighted by atomic mass is 16.5. The molecule has 0 aliphatic carbocycles. The lowest BCUT2D eigenvalue weighted by molar-refractivity contribution is -0.130. The fourth-order valence-electron chi connectivity index (χ4n) is 1.45. The summed E-state index contributed by atoms with van der Waals surface area (Å²) >= 11 is 0. The number of ether oxygens (including phenoxy) is 3. The van der Waals surface area contributed by atoms with Gasteiger partial charge in [0.15, 0.2) is 0 Å². The van der Waals surface area contributed by atoms with E-state index in [2.05, 4.69) is 0 Å². The summed E-state index contributed by atoms with van der Waals surface area (Å²) in [5, 5.41) is 1.08. The van der Waals surface area contributed by atoms with Crippen LogP contribution in [-0.4, -0.2) is 38.8 Å². The fraction of sp³-hybridized carbons (Fsp3) is 0.462. The van der Waals surface area contributed by atoms with Crippen LogP contribution < -0.4 is 20.1 Å². The zero-order valence-corrected chi connectivity index (χ0v) is 11.5. The first-order valence-electron chi connectivity index (χ1n) is 5.94. The van der Waals surface area contributed by atoms with Gasteiger partial charge in [-0.15, -0.1) is 0 Å². The van der Waals surface area contributed by atoms with Crippen LogP contribution in [0.5, 0.6) is 17.2 Å². The third-order valence-corrected chi connectivity index (χ3v) is 2.52. The van der Waals surface area contributed by atoms with Gasteiger partial charge in [-0.05, 0) is 6.42 Å². The summed E-state index contributed by atoms with van der Waals surface area (Å²) in [5.74, 6) is 7.16. The van der Waals surface area contributed by atoms with E-state index in [9.17, 15) is 4.79 Å². The lowest BCUT2D eigenvalue weighted by Gasteiger charge is -2.11. The Morgan fingerprint density at radius 2 is 1.68 bits per heavy atom. The maximum atomic E-state index is 11.3. The number of hydrazine groups is 1. The molecule has 19 heavy (non-hydrogen) atoms. The Morgan fingerprint density at radius 1 is 1.16 bits per heavy atom. The predicted molar refractivity (Wildman–Crippen MR) is 71.2 cm³/mol. The van der Waals surface area contributed by atoms with Crippen LogP contribution in [0.15, 0.2) is 18.2 Å². The van der Waals surface area contributed by atoms with Crippen molar-refractivity contribution in [3.8, 4) is 17.2 Å². The normalized spacial score (nSPS) is 9.89.